The maximum Gasteiger partial charge on any atom is 0.212 e. The first-order valence-corrected chi connectivity index (χ1v) is 7.60. The van der Waals surface area contributed by atoms with Gasteiger partial charge in [0.2, 0.25) is 5.69 Å². The number of hydrogen-bond acceptors (Lipinski definition) is 2. The maximum atomic E-state index is 14.3. The second-order valence-corrected chi connectivity index (χ2v) is 5.87. The van der Waals surface area contributed by atoms with Crippen molar-refractivity contribution in [2.24, 2.45) is 7.05 Å². The quantitative estimate of drug-likeness (QED) is 0.488. The van der Waals surface area contributed by atoms with Gasteiger partial charge in [-0.25, -0.2) is 8.96 Å². The van der Waals surface area contributed by atoms with Crippen molar-refractivity contribution in [3.05, 3.63) is 65.6 Å². The number of pyridine rings is 1. The van der Waals surface area contributed by atoms with Gasteiger partial charge in [-0.3, -0.25) is 0 Å². The average molecular weight is 317 g/mol. The number of aromatic nitrogens is 1. The van der Waals surface area contributed by atoms with Gasteiger partial charge < -0.3 is 4.42 Å². The Balaban J connectivity index is 2.10. The number of nitriles is 1. The topological polar surface area (TPSA) is 40.8 Å². The molecule has 4 rings (SSSR count). The second kappa shape index (κ2) is 5.17. The van der Waals surface area contributed by atoms with Crippen molar-refractivity contribution in [3.63, 3.8) is 0 Å². The van der Waals surface area contributed by atoms with E-state index in [1.165, 1.54) is 12.1 Å². The highest BCUT2D eigenvalue weighted by Gasteiger charge is 2.19. The summed E-state index contributed by atoms with van der Waals surface area (Å²) >= 11 is 0. The molecule has 0 atom stereocenters. The fourth-order valence-corrected chi connectivity index (χ4v) is 3.16. The number of halogens is 1. The molecule has 4 heteroatoms. The van der Waals surface area contributed by atoms with Crippen molar-refractivity contribution in [2.75, 3.05) is 0 Å². The molecular weight excluding hydrogens is 303 g/mol. The summed E-state index contributed by atoms with van der Waals surface area (Å²) in [4.78, 5) is 0. The van der Waals surface area contributed by atoms with Crippen LogP contribution in [0.5, 0.6) is 0 Å². The van der Waals surface area contributed by atoms with Crippen LogP contribution in [0, 0.1) is 24.1 Å². The van der Waals surface area contributed by atoms with Crippen molar-refractivity contribution in [2.45, 2.75) is 6.92 Å². The summed E-state index contributed by atoms with van der Waals surface area (Å²) in [6.45, 7) is 1.99. The highest BCUT2D eigenvalue weighted by atomic mass is 19.1. The van der Waals surface area contributed by atoms with Gasteiger partial charge in [-0.2, -0.15) is 5.26 Å². The molecule has 0 fully saturated rings. The Hall–Kier alpha value is -3.19. The molecule has 0 spiro atoms. The minimum absolute atomic E-state index is 0.307. The van der Waals surface area contributed by atoms with Gasteiger partial charge in [0.05, 0.1) is 16.5 Å². The third kappa shape index (κ3) is 1.99. The lowest BCUT2D eigenvalue weighted by atomic mass is 10.0. The van der Waals surface area contributed by atoms with Gasteiger partial charge >= 0.3 is 0 Å². The summed E-state index contributed by atoms with van der Waals surface area (Å²) in [5.74, 6) is -0.375. The Kier molecular flexibility index (Phi) is 3.10. The highest BCUT2D eigenvalue weighted by molar-refractivity contribution is 6.08. The predicted molar refractivity (Wildman–Crippen MR) is 89.7 cm³/mol. The van der Waals surface area contributed by atoms with Crippen LogP contribution in [-0.4, -0.2) is 0 Å². The molecule has 0 aliphatic heterocycles. The van der Waals surface area contributed by atoms with Crippen LogP contribution < -0.4 is 4.57 Å². The van der Waals surface area contributed by atoms with Crippen molar-refractivity contribution >= 4 is 21.9 Å². The lowest BCUT2D eigenvalue weighted by Crippen LogP contribution is -2.30. The molecule has 4 aromatic rings. The number of fused-ring (bicyclic) bond motifs is 3. The molecule has 0 radical (unpaired) electrons. The molecule has 0 aliphatic rings. The van der Waals surface area contributed by atoms with Crippen LogP contribution in [0.2, 0.25) is 0 Å². The molecule has 0 unspecified atom stereocenters. The van der Waals surface area contributed by atoms with E-state index in [4.69, 9.17) is 4.42 Å². The van der Waals surface area contributed by atoms with Crippen molar-refractivity contribution in [1.29, 1.82) is 5.26 Å². The smallest absolute Gasteiger partial charge is 0.212 e. The standard InChI is InChI=1S/C20H14FN2O/c1-12-9-15-18(10-14(12)17-5-3-4-8-23(17)2)24-20-13(11-22)6-7-16(21)19(15)20/h3-10H,1-2H3/q+1. The molecule has 0 saturated heterocycles. The SMILES string of the molecule is Cc1cc2c(cc1-c1cccc[n+]1C)oc1c(C#N)ccc(F)c12. The number of benzene rings is 2. The van der Waals surface area contributed by atoms with E-state index in [2.05, 4.69) is 6.07 Å². The zero-order chi connectivity index (χ0) is 16.8. The summed E-state index contributed by atoms with van der Waals surface area (Å²) < 4.78 is 22.2. The molecule has 116 valence electrons. The summed E-state index contributed by atoms with van der Waals surface area (Å²) in [7, 11) is 1.98. The first kappa shape index (κ1) is 14.4. The lowest BCUT2D eigenvalue weighted by molar-refractivity contribution is -0.660. The minimum atomic E-state index is -0.375. The second-order valence-electron chi connectivity index (χ2n) is 5.87. The maximum absolute atomic E-state index is 14.3. The van der Waals surface area contributed by atoms with Crippen LogP contribution >= 0.6 is 0 Å². The van der Waals surface area contributed by atoms with Gasteiger partial charge in [0.25, 0.3) is 0 Å². The minimum Gasteiger partial charge on any atom is -0.455 e. The predicted octanol–water partition coefficient (Wildman–Crippen LogP) is 4.40. The van der Waals surface area contributed by atoms with Crippen LogP contribution in [0.25, 0.3) is 33.2 Å². The number of furan rings is 1. The summed E-state index contributed by atoms with van der Waals surface area (Å²) in [5, 5.41) is 10.3. The third-order valence-electron chi connectivity index (χ3n) is 4.37. The Morgan fingerprint density at radius 2 is 2.00 bits per heavy atom. The average Bonchev–Trinajstić information content (AvgIpc) is 2.94. The highest BCUT2D eigenvalue weighted by Crippen LogP contribution is 2.36. The van der Waals surface area contributed by atoms with Gasteiger partial charge in [0.15, 0.2) is 11.8 Å². The van der Waals surface area contributed by atoms with E-state index in [1.54, 1.807) is 0 Å². The monoisotopic (exact) mass is 317 g/mol. The Labute approximate surface area is 138 Å². The van der Waals surface area contributed by atoms with Crippen LogP contribution in [0.15, 0.2) is 53.1 Å². The van der Waals surface area contributed by atoms with Crippen molar-refractivity contribution in [3.8, 4) is 17.3 Å². The fraction of sp³-hybridized carbons (Fsp3) is 0.100. The van der Waals surface area contributed by atoms with E-state index < -0.39 is 0 Å². The molecule has 0 saturated carbocycles. The Bertz CT molecular complexity index is 1150. The van der Waals surface area contributed by atoms with E-state index >= 15 is 0 Å². The number of rotatable bonds is 1. The third-order valence-corrected chi connectivity index (χ3v) is 4.37. The van der Waals surface area contributed by atoms with Crippen molar-refractivity contribution in [1.82, 2.24) is 0 Å². The zero-order valence-corrected chi connectivity index (χ0v) is 13.3. The fourth-order valence-electron chi connectivity index (χ4n) is 3.16. The van der Waals surface area contributed by atoms with Crippen LogP contribution in [0.3, 0.4) is 0 Å². The van der Waals surface area contributed by atoms with E-state index in [0.29, 0.717) is 27.5 Å². The molecule has 3 nitrogen and oxygen atoms in total. The van der Waals surface area contributed by atoms with Crippen molar-refractivity contribution < 1.29 is 13.4 Å². The van der Waals surface area contributed by atoms with E-state index in [1.807, 2.05) is 55.1 Å². The molecule has 2 aromatic carbocycles. The lowest BCUT2D eigenvalue weighted by Gasteiger charge is -2.04. The van der Waals surface area contributed by atoms with E-state index in [0.717, 1.165) is 16.8 Å². The normalized spacial score (nSPS) is 11.1. The first-order chi connectivity index (χ1) is 11.6. The van der Waals surface area contributed by atoms with Crippen LogP contribution in [0.4, 0.5) is 4.39 Å². The largest absolute Gasteiger partial charge is 0.455 e. The molecule has 2 aromatic heterocycles. The number of nitrogens with zero attached hydrogens (tertiary/aromatic N) is 2. The van der Waals surface area contributed by atoms with Gasteiger partial charge in [-0.1, -0.05) is 0 Å². The van der Waals surface area contributed by atoms with Gasteiger partial charge in [-0.15, -0.1) is 0 Å². The Morgan fingerprint density at radius 3 is 2.75 bits per heavy atom. The molecular formula is C20H14FN2O+. The van der Waals surface area contributed by atoms with E-state index in [9.17, 15) is 9.65 Å². The molecule has 24 heavy (non-hydrogen) atoms. The summed E-state index contributed by atoms with van der Waals surface area (Å²) in [6, 6.07) is 14.6. The number of hydrogen-bond donors (Lipinski definition) is 0. The van der Waals surface area contributed by atoms with Gasteiger partial charge in [-0.05, 0) is 42.8 Å². The van der Waals surface area contributed by atoms with E-state index in [-0.39, 0.29) is 5.82 Å². The number of aryl methyl sites for hydroxylation is 2. The molecule has 2 heterocycles. The first-order valence-electron chi connectivity index (χ1n) is 7.60. The zero-order valence-electron chi connectivity index (χ0n) is 13.3. The summed E-state index contributed by atoms with van der Waals surface area (Å²) in [6.07, 6.45) is 1.98. The summed E-state index contributed by atoms with van der Waals surface area (Å²) in [5.41, 5.74) is 4.31. The van der Waals surface area contributed by atoms with Gasteiger partial charge in [0.1, 0.15) is 24.5 Å². The van der Waals surface area contributed by atoms with Gasteiger partial charge in [0, 0.05) is 17.5 Å². The Morgan fingerprint density at radius 1 is 1.17 bits per heavy atom. The van der Waals surface area contributed by atoms with Crippen LogP contribution in [0.1, 0.15) is 11.1 Å². The molecule has 0 bridgehead atoms. The van der Waals surface area contributed by atoms with Crippen LogP contribution in [-0.2, 0) is 7.05 Å². The molecule has 0 N–H and O–H groups in total. The molecule has 0 amide bonds. The molecule has 0 aliphatic carbocycles.